The zero-order valence-corrected chi connectivity index (χ0v) is 15.6. The summed E-state index contributed by atoms with van der Waals surface area (Å²) in [5, 5.41) is 0. The second-order valence-electron chi connectivity index (χ2n) is 6.95. The normalized spacial score (nSPS) is 20.7. The molecule has 2 N–H and O–H groups in total. The quantitative estimate of drug-likeness (QED) is 0.819. The number of benzene rings is 1. The van der Waals surface area contributed by atoms with E-state index >= 15 is 0 Å². The van der Waals surface area contributed by atoms with Crippen LogP contribution in [0.2, 0.25) is 0 Å². The molecular formula is C19H25N3O5. The number of methoxy groups -OCH3 is 2. The number of piperidine rings is 1. The maximum atomic E-state index is 12.9. The van der Waals surface area contributed by atoms with E-state index in [0.29, 0.717) is 49.7 Å². The minimum absolute atomic E-state index is 0.0457. The second-order valence-corrected chi connectivity index (χ2v) is 6.95. The average Bonchev–Trinajstić information content (AvgIpc) is 3.08. The molecule has 2 heterocycles. The number of likely N-dealkylation sites (tertiary alicyclic amines) is 1. The molecule has 0 unspecified atom stereocenters. The molecule has 146 valence electrons. The van der Waals surface area contributed by atoms with Crippen molar-refractivity contribution in [2.75, 3.05) is 38.8 Å². The molecule has 2 aliphatic heterocycles. The van der Waals surface area contributed by atoms with Crippen molar-refractivity contribution in [1.29, 1.82) is 0 Å². The summed E-state index contributed by atoms with van der Waals surface area (Å²) in [6.07, 6.45) is 1.32. The van der Waals surface area contributed by atoms with Crippen LogP contribution >= 0.6 is 0 Å². The topological polar surface area (TPSA) is 102 Å². The van der Waals surface area contributed by atoms with Crippen molar-refractivity contribution in [3.05, 3.63) is 18.2 Å². The molecule has 2 aliphatic rings. The number of carbonyl (C=O) groups is 3. The van der Waals surface area contributed by atoms with E-state index < -0.39 is 5.92 Å². The Hall–Kier alpha value is -2.77. The summed E-state index contributed by atoms with van der Waals surface area (Å²) in [5.74, 6) is 0.119. The van der Waals surface area contributed by atoms with Crippen LogP contribution in [0.3, 0.4) is 0 Å². The maximum absolute atomic E-state index is 12.9. The van der Waals surface area contributed by atoms with Crippen LogP contribution in [0.15, 0.2) is 18.2 Å². The Morgan fingerprint density at radius 3 is 2.41 bits per heavy atom. The van der Waals surface area contributed by atoms with Crippen molar-refractivity contribution in [2.45, 2.75) is 19.3 Å². The zero-order valence-electron chi connectivity index (χ0n) is 15.6. The Bertz CT molecular complexity index is 743. The highest BCUT2D eigenvalue weighted by Crippen LogP contribution is 2.36. The van der Waals surface area contributed by atoms with Crippen LogP contribution in [0.4, 0.5) is 5.69 Å². The molecule has 8 nitrogen and oxygen atoms in total. The molecule has 1 aromatic rings. The highest BCUT2D eigenvalue weighted by molar-refractivity contribution is 6.01. The summed E-state index contributed by atoms with van der Waals surface area (Å²) in [7, 11) is 3.09. The van der Waals surface area contributed by atoms with Crippen molar-refractivity contribution >= 4 is 23.4 Å². The largest absolute Gasteiger partial charge is 0.497 e. The first-order valence-electron chi connectivity index (χ1n) is 9.05. The molecule has 0 aromatic heterocycles. The van der Waals surface area contributed by atoms with Gasteiger partial charge in [-0.05, 0) is 25.0 Å². The molecular weight excluding hydrogens is 350 g/mol. The summed E-state index contributed by atoms with van der Waals surface area (Å²) in [6.45, 7) is 1.30. The number of nitrogens with zero attached hydrogens (tertiary/aromatic N) is 2. The Morgan fingerprint density at radius 1 is 1.11 bits per heavy atom. The Kier molecular flexibility index (Phi) is 5.53. The highest BCUT2D eigenvalue weighted by Gasteiger charge is 2.39. The lowest BCUT2D eigenvalue weighted by Crippen LogP contribution is -2.44. The third-order valence-electron chi connectivity index (χ3n) is 5.36. The van der Waals surface area contributed by atoms with E-state index in [-0.39, 0.29) is 30.1 Å². The standard InChI is InChI=1S/C19H25N3O5/c1-26-14-3-4-16(27-2)15(10-14)22-11-13(9-17(22)23)19(25)21-7-5-12(6-8-21)18(20)24/h3-4,10,12-13H,5-9,11H2,1-2H3,(H2,20,24)/t13-/m1/s1. The molecule has 1 atom stereocenters. The number of primary amides is 1. The molecule has 27 heavy (non-hydrogen) atoms. The smallest absolute Gasteiger partial charge is 0.228 e. The number of hydrogen-bond acceptors (Lipinski definition) is 5. The van der Waals surface area contributed by atoms with Crippen molar-refractivity contribution in [2.24, 2.45) is 17.6 Å². The first-order valence-corrected chi connectivity index (χ1v) is 9.05. The Balaban J connectivity index is 1.71. The third-order valence-corrected chi connectivity index (χ3v) is 5.36. The van der Waals surface area contributed by atoms with E-state index in [1.807, 2.05) is 0 Å². The van der Waals surface area contributed by atoms with Gasteiger partial charge in [-0.2, -0.15) is 0 Å². The van der Waals surface area contributed by atoms with Crippen molar-refractivity contribution in [3.8, 4) is 11.5 Å². The highest BCUT2D eigenvalue weighted by atomic mass is 16.5. The maximum Gasteiger partial charge on any atom is 0.228 e. The molecule has 3 amide bonds. The van der Waals surface area contributed by atoms with Crippen molar-refractivity contribution in [3.63, 3.8) is 0 Å². The summed E-state index contributed by atoms with van der Waals surface area (Å²) in [6, 6.07) is 5.24. The van der Waals surface area contributed by atoms with Crippen molar-refractivity contribution < 1.29 is 23.9 Å². The van der Waals surface area contributed by atoms with Gasteiger partial charge >= 0.3 is 0 Å². The van der Waals surface area contributed by atoms with E-state index in [1.54, 1.807) is 35.1 Å². The van der Waals surface area contributed by atoms with Gasteiger partial charge in [0.15, 0.2) is 0 Å². The first-order chi connectivity index (χ1) is 12.9. The molecule has 0 aliphatic carbocycles. The van der Waals surface area contributed by atoms with Gasteiger partial charge in [0.25, 0.3) is 0 Å². The number of carbonyl (C=O) groups excluding carboxylic acids is 3. The summed E-state index contributed by atoms with van der Waals surface area (Å²) in [5.41, 5.74) is 5.95. The molecule has 2 fully saturated rings. The number of amides is 3. The summed E-state index contributed by atoms with van der Waals surface area (Å²) < 4.78 is 10.6. The predicted molar refractivity (Wildman–Crippen MR) is 98.5 cm³/mol. The fourth-order valence-electron chi connectivity index (χ4n) is 3.76. The molecule has 3 rings (SSSR count). The van der Waals surface area contributed by atoms with Crippen LogP contribution in [-0.4, -0.2) is 56.5 Å². The summed E-state index contributed by atoms with van der Waals surface area (Å²) >= 11 is 0. The van der Waals surface area contributed by atoms with Gasteiger partial charge in [-0.3, -0.25) is 14.4 Å². The molecule has 8 heteroatoms. The predicted octanol–water partition coefficient (Wildman–Crippen LogP) is 0.781. The van der Waals surface area contributed by atoms with Gasteiger partial charge in [0.1, 0.15) is 11.5 Å². The average molecular weight is 375 g/mol. The molecule has 2 saturated heterocycles. The zero-order chi connectivity index (χ0) is 19.6. The number of anilines is 1. The second kappa shape index (κ2) is 7.85. The first kappa shape index (κ1) is 19.0. The fraction of sp³-hybridized carbons (Fsp3) is 0.526. The van der Waals surface area contributed by atoms with Gasteiger partial charge in [0.2, 0.25) is 17.7 Å². The van der Waals surface area contributed by atoms with E-state index in [4.69, 9.17) is 15.2 Å². The number of rotatable bonds is 5. The minimum atomic E-state index is -0.404. The fourth-order valence-corrected chi connectivity index (χ4v) is 3.76. The van der Waals surface area contributed by atoms with Gasteiger partial charge < -0.3 is 25.0 Å². The minimum Gasteiger partial charge on any atom is -0.497 e. The number of hydrogen-bond donors (Lipinski definition) is 1. The van der Waals surface area contributed by atoms with Crippen LogP contribution in [0.5, 0.6) is 11.5 Å². The monoisotopic (exact) mass is 375 g/mol. The van der Waals surface area contributed by atoms with Gasteiger partial charge in [-0.15, -0.1) is 0 Å². The van der Waals surface area contributed by atoms with Gasteiger partial charge in [-0.1, -0.05) is 0 Å². The lowest BCUT2D eigenvalue weighted by atomic mass is 9.95. The van der Waals surface area contributed by atoms with Crippen LogP contribution in [0.25, 0.3) is 0 Å². The van der Waals surface area contributed by atoms with Crippen LogP contribution in [-0.2, 0) is 14.4 Å². The number of ether oxygens (including phenoxy) is 2. The molecule has 0 radical (unpaired) electrons. The third kappa shape index (κ3) is 3.84. The van der Waals surface area contributed by atoms with E-state index in [1.165, 1.54) is 7.11 Å². The summed E-state index contributed by atoms with van der Waals surface area (Å²) in [4.78, 5) is 40.0. The van der Waals surface area contributed by atoms with E-state index in [9.17, 15) is 14.4 Å². The van der Waals surface area contributed by atoms with E-state index in [2.05, 4.69) is 0 Å². The van der Waals surface area contributed by atoms with E-state index in [0.717, 1.165) is 0 Å². The molecule has 0 spiro atoms. The van der Waals surface area contributed by atoms with Crippen LogP contribution in [0, 0.1) is 11.8 Å². The molecule has 0 saturated carbocycles. The Morgan fingerprint density at radius 2 is 1.81 bits per heavy atom. The molecule has 1 aromatic carbocycles. The van der Waals surface area contributed by atoms with Gasteiger partial charge in [0.05, 0.1) is 25.8 Å². The Labute approximate surface area is 158 Å². The SMILES string of the molecule is COc1ccc(OC)c(N2C[C@H](C(=O)N3CCC(C(N)=O)CC3)CC2=O)c1. The lowest BCUT2D eigenvalue weighted by Gasteiger charge is -2.32. The van der Waals surface area contributed by atoms with Gasteiger partial charge in [0, 0.05) is 38.0 Å². The van der Waals surface area contributed by atoms with Crippen LogP contribution < -0.4 is 20.1 Å². The van der Waals surface area contributed by atoms with Crippen LogP contribution in [0.1, 0.15) is 19.3 Å². The van der Waals surface area contributed by atoms with Crippen molar-refractivity contribution in [1.82, 2.24) is 4.90 Å². The lowest BCUT2D eigenvalue weighted by molar-refractivity contribution is -0.138. The van der Waals surface area contributed by atoms with Gasteiger partial charge in [-0.25, -0.2) is 0 Å². The number of nitrogens with two attached hydrogens (primary N) is 1. The molecule has 0 bridgehead atoms.